The molecule has 0 aliphatic heterocycles. The first-order valence-corrected chi connectivity index (χ1v) is 8.11. The van der Waals surface area contributed by atoms with Crippen LogP contribution in [-0.2, 0) is 21.9 Å². The number of nitrogens with one attached hydrogen (secondary N) is 1. The average Bonchev–Trinajstić information content (AvgIpc) is 2.84. The van der Waals surface area contributed by atoms with Crippen LogP contribution in [0.3, 0.4) is 0 Å². The molecule has 1 N–H and O–H groups in total. The van der Waals surface area contributed by atoms with Gasteiger partial charge in [0.15, 0.2) is 0 Å². The molecular weight excluding hydrogens is 328 g/mol. The van der Waals surface area contributed by atoms with Crippen LogP contribution < -0.4 is 5.32 Å². The van der Waals surface area contributed by atoms with Gasteiger partial charge in [0.2, 0.25) is 15.9 Å². The second-order valence-electron chi connectivity index (χ2n) is 4.67. The van der Waals surface area contributed by atoms with Crippen molar-refractivity contribution >= 4 is 33.2 Å². The van der Waals surface area contributed by atoms with Crippen molar-refractivity contribution in [3.8, 4) is 0 Å². The first-order valence-electron chi connectivity index (χ1n) is 6.29. The van der Waals surface area contributed by atoms with Crippen molar-refractivity contribution in [3.63, 3.8) is 0 Å². The summed E-state index contributed by atoms with van der Waals surface area (Å²) >= 11 is 5.74. The molecule has 1 amide bonds. The zero-order valence-electron chi connectivity index (χ0n) is 12.0. The lowest BCUT2D eigenvalue weighted by molar-refractivity contribution is -0.116. The summed E-state index contributed by atoms with van der Waals surface area (Å²) in [6.45, 7) is -0.306. The maximum absolute atomic E-state index is 12.3. The molecule has 0 aliphatic carbocycles. The Morgan fingerprint density at radius 1 is 1.36 bits per heavy atom. The summed E-state index contributed by atoms with van der Waals surface area (Å²) in [7, 11) is -0.690. The molecule has 2 aromatic rings. The Kier molecular flexibility index (Phi) is 4.84. The summed E-state index contributed by atoms with van der Waals surface area (Å²) in [5, 5.41) is 6.93. The number of aryl methyl sites for hydroxylation is 1. The van der Waals surface area contributed by atoms with Gasteiger partial charge in [0.1, 0.15) is 0 Å². The number of anilines is 1. The molecule has 22 heavy (non-hydrogen) atoms. The fraction of sp³-hybridized carbons (Fsp3) is 0.231. The van der Waals surface area contributed by atoms with Crippen molar-refractivity contribution in [2.75, 3.05) is 18.9 Å². The van der Waals surface area contributed by atoms with E-state index in [1.165, 1.54) is 42.2 Å². The number of carbonyl (C=O) groups is 1. The van der Waals surface area contributed by atoms with E-state index in [-0.39, 0.29) is 11.4 Å². The van der Waals surface area contributed by atoms with E-state index in [4.69, 9.17) is 11.6 Å². The van der Waals surface area contributed by atoms with Crippen molar-refractivity contribution < 1.29 is 13.2 Å². The lowest BCUT2D eigenvalue weighted by Crippen LogP contribution is -2.34. The van der Waals surface area contributed by atoms with Crippen LogP contribution in [0.4, 0.5) is 5.69 Å². The van der Waals surface area contributed by atoms with E-state index in [2.05, 4.69) is 10.4 Å². The van der Waals surface area contributed by atoms with Gasteiger partial charge < -0.3 is 5.32 Å². The van der Waals surface area contributed by atoms with E-state index in [1.54, 1.807) is 13.2 Å². The van der Waals surface area contributed by atoms with Crippen LogP contribution >= 0.6 is 11.6 Å². The molecule has 0 unspecified atom stereocenters. The maximum Gasteiger partial charge on any atom is 0.243 e. The topological polar surface area (TPSA) is 84.3 Å². The van der Waals surface area contributed by atoms with Gasteiger partial charge in [-0.2, -0.15) is 9.40 Å². The number of benzene rings is 1. The minimum Gasteiger partial charge on any atom is -0.322 e. The van der Waals surface area contributed by atoms with Gasteiger partial charge in [0, 0.05) is 25.3 Å². The lowest BCUT2D eigenvalue weighted by atomic mass is 10.4. The van der Waals surface area contributed by atoms with Crippen LogP contribution in [-0.4, -0.2) is 42.0 Å². The van der Waals surface area contributed by atoms with Crippen LogP contribution in [0.15, 0.2) is 41.6 Å². The van der Waals surface area contributed by atoms with Gasteiger partial charge in [-0.1, -0.05) is 11.6 Å². The van der Waals surface area contributed by atoms with Crippen LogP contribution in [0.5, 0.6) is 0 Å². The Hall–Kier alpha value is -1.90. The third-order valence-electron chi connectivity index (χ3n) is 2.88. The second-order valence-corrected chi connectivity index (χ2v) is 7.15. The van der Waals surface area contributed by atoms with Gasteiger partial charge in [0.05, 0.1) is 23.3 Å². The Morgan fingerprint density at radius 3 is 2.55 bits per heavy atom. The summed E-state index contributed by atoms with van der Waals surface area (Å²) in [6.07, 6.45) is 3.09. The van der Waals surface area contributed by atoms with E-state index >= 15 is 0 Å². The molecule has 118 valence electrons. The number of halogens is 1. The first-order chi connectivity index (χ1) is 10.3. The molecule has 0 aliphatic rings. The number of hydrogen-bond acceptors (Lipinski definition) is 4. The number of aromatic nitrogens is 2. The molecule has 0 saturated carbocycles. The SMILES string of the molecule is CN(CC(=O)Nc1cnn(C)c1)S(=O)(=O)c1ccc(Cl)cc1. The monoisotopic (exact) mass is 342 g/mol. The third kappa shape index (κ3) is 3.85. The van der Waals surface area contributed by atoms with Gasteiger partial charge in [0.25, 0.3) is 0 Å². The summed E-state index contributed by atoms with van der Waals surface area (Å²) in [4.78, 5) is 12.0. The molecule has 0 saturated heterocycles. The Bertz CT molecular complexity index is 771. The van der Waals surface area contributed by atoms with Gasteiger partial charge in [-0.15, -0.1) is 0 Å². The molecular formula is C13H15ClN4O3S. The van der Waals surface area contributed by atoms with Crippen molar-refractivity contribution in [1.82, 2.24) is 14.1 Å². The molecule has 0 spiro atoms. The summed E-state index contributed by atoms with van der Waals surface area (Å²) in [5.41, 5.74) is 0.504. The molecule has 0 radical (unpaired) electrons. The molecule has 1 aromatic carbocycles. The van der Waals surface area contributed by atoms with Crippen LogP contribution in [0.2, 0.25) is 5.02 Å². The molecule has 0 bridgehead atoms. The zero-order valence-corrected chi connectivity index (χ0v) is 13.6. The third-order valence-corrected chi connectivity index (χ3v) is 4.95. The van der Waals surface area contributed by atoms with Crippen molar-refractivity contribution in [1.29, 1.82) is 0 Å². The van der Waals surface area contributed by atoms with Crippen molar-refractivity contribution in [2.45, 2.75) is 4.90 Å². The quantitative estimate of drug-likeness (QED) is 0.888. The summed E-state index contributed by atoms with van der Waals surface area (Å²) in [5.74, 6) is -0.451. The minimum absolute atomic E-state index is 0.0774. The standard InChI is InChI=1S/C13H15ClN4O3S/c1-17-8-11(7-15-17)16-13(19)9-18(2)22(20,21)12-5-3-10(14)4-6-12/h3-8H,9H2,1-2H3,(H,16,19). The minimum atomic E-state index is -3.74. The number of amides is 1. The largest absolute Gasteiger partial charge is 0.322 e. The number of sulfonamides is 1. The van der Waals surface area contributed by atoms with Crippen molar-refractivity contribution in [2.24, 2.45) is 7.05 Å². The lowest BCUT2D eigenvalue weighted by Gasteiger charge is -2.16. The molecule has 9 heteroatoms. The van der Waals surface area contributed by atoms with E-state index in [0.717, 1.165) is 4.31 Å². The van der Waals surface area contributed by atoms with Crippen molar-refractivity contribution in [3.05, 3.63) is 41.7 Å². The predicted molar refractivity (Wildman–Crippen MR) is 83.1 cm³/mol. The van der Waals surface area contributed by atoms with Gasteiger partial charge in [-0.3, -0.25) is 9.48 Å². The highest BCUT2D eigenvalue weighted by molar-refractivity contribution is 7.89. The highest BCUT2D eigenvalue weighted by Crippen LogP contribution is 2.17. The smallest absolute Gasteiger partial charge is 0.243 e. The van der Waals surface area contributed by atoms with Gasteiger partial charge in [-0.05, 0) is 24.3 Å². The molecule has 0 atom stereocenters. The number of likely N-dealkylation sites (N-methyl/N-ethyl adjacent to an activating group) is 1. The van der Waals surface area contributed by atoms with Crippen LogP contribution in [0.25, 0.3) is 0 Å². The Labute approximate surface area is 133 Å². The predicted octanol–water partition coefficient (Wildman–Crippen LogP) is 1.33. The molecule has 1 heterocycles. The fourth-order valence-electron chi connectivity index (χ4n) is 1.76. The summed E-state index contributed by atoms with van der Waals surface area (Å²) < 4.78 is 27.1. The zero-order chi connectivity index (χ0) is 16.3. The van der Waals surface area contributed by atoms with Gasteiger partial charge >= 0.3 is 0 Å². The van der Waals surface area contributed by atoms with E-state index in [9.17, 15) is 13.2 Å². The first kappa shape index (κ1) is 16.5. The highest BCUT2D eigenvalue weighted by atomic mass is 35.5. The average molecular weight is 343 g/mol. The summed E-state index contributed by atoms with van der Waals surface area (Å²) in [6, 6.07) is 5.76. The highest BCUT2D eigenvalue weighted by Gasteiger charge is 2.23. The molecule has 7 nitrogen and oxygen atoms in total. The van der Waals surface area contributed by atoms with E-state index in [0.29, 0.717) is 10.7 Å². The second kappa shape index (κ2) is 6.47. The molecule has 0 fully saturated rings. The normalized spacial score (nSPS) is 11.6. The number of rotatable bonds is 5. The Morgan fingerprint density at radius 2 is 2.00 bits per heavy atom. The number of carbonyl (C=O) groups excluding carboxylic acids is 1. The van der Waals surface area contributed by atoms with E-state index in [1.807, 2.05) is 0 Å². The fourth-order valence-corrected chi connectivity index (χ4v) is 3.01. The van der Waals surface area contributed by atoms with E-state index < -0.39 is 15.9 Å². The van der Waals surface area contributed by atoms with Crippen LogP contribution in [0, 0.1) is 0 Å². The maximum atomic E-state index is 12.3. The Balaban J connectivity index is 2.05. The number of nitrogens with zero attached hydrogens (tertiary/aromatic N) is 3. The molecule has 2 rings (SSSR count). The van der Waals surface area contributed by atoms with Gasteiger partial charge in [-0.25, -0.2) is 8.42 Å². The van der Waals surface area contributed by atoms with Crippen LogP contribution in [0.1, 0.15) is 0 Å². The number of hydrogen-bond donors (Lipinski definition) is 1. The molecule has 1 aromatic heterocycles.